The van der Waals surface area contributed by atoms with Crippen LogP contribution in [0.15, 0.2) is 126 Å². The summed E-state index contributed by atoms with van der Waals surface area (Å²) in [4.78, 5) is 90.9. The van der Waals surface area contributed by atoms with Gasteiger partial charge in [0.05, 0.1) is 69.1 Å². The average molecular weight is 1490 g/mol. The van der Waals surface area contributed by atoms with Crippen LogP contribution in [0, 0.1) is 0 Å². The quantitative estimate of drug-likeness (QED) is 0.0171. The third-order valence-corrected chi connectivity index (χ3v) is 15.2. The number of rotatable bonds is 14. The molecule has 0 bridgehead atoms. The Hall–Kier alpha value is -9.58. The van der Waals surface area contributed by atoms with Crippen molar-refractivity contribution in [3.8, 4) is 0 Å². The van der Waals surface area contributed by atoms with Crippen molar-refractivity contribution < 1.29 is 117 Å². The highest BCUT2D eigenvalue weighted by Gasteiger charge is 2.50. The van der Waals surface area contributed by atoms with Crippen LogP contribution in [0.25, 0.3) is 10.4 Å². The molecule has 7 amide bonds. The van der Waals surface area contributed by atoms with Crippen molar-refractivity contribution in [3.05, 3.63) is 154 Å². The topological polar surface area (TPSA) is 365 Å². The minimum Gasteiger partial charge on any atom is -0.445 e. The number of hydrogen-bond acceptors (Lipinski definition) is 21. The molecule has 6 aliphatic rings. The number of β-amino-alcohol motifs (C(OH)–C–C–N with tert-alkyl or cyclic N) is 2. The molecule has 30 nitrogen and oxygen atoms in total. The van der Waals surface area contributed by atoms with Gasteiger partial charge in [-0.1, -0.05) is 126 Å². The second-order valence-corrected chi connectivity index (χ2v) is 27.5. The molecule has 4 aromatic rings. The number of alkyl halides is 6. The second-order valence-electron chi connectivity index (χ2n) is 27.5. The monoisotopic (exact) mass is 1490 g/mol. The van der Waals surface area contributed by atoms with E-state index in [-0.39, 0.29) is 90.5 Å². The van der Waals surface area contributed by atoms with Crippen LogP contribution in [0.5, 0.6) is 0 Å². The van der Waals surface area contributed by atoms with Gasteiger partial charge in [0.1, 0.15) is 67.6 Å². The number of azide groups is 1. The maximum atomic E-state index is 12.7. The van der Waals surface area contributed by atoms with E-state index in [2.05, 4.69) is 40.8 Å². The zero-order chi connectivity index (χ0) is 77.3. The lowest BCUT2D eigenvalue weighted by atomic mass is 10.2. The molecule has 4 aromatic carbocycles. The van der Waals surface area contributed by atoms with E-state index in [9.17, 15) is 70.1 Å². The van der Waals surface area contributed by atoms with Gasteiger partial charge in [-0.25, -0.2) is 33.6 Å². The van der Waals surface area contributed by atoms with Crippen LogP contribution in [-0.4, -0.2) is 228 Å². The van der Waals surface area contributed by atoms with Crippen LogP contribution in [-0.2, 0) is 73.8 Å². The predicted molar refractivity (Wildman–Crippen MR) is 361 cm³/mol. The number of morpholine rings is 1. The number of carbonyl (C=O) groups excluding carboxylic acids is 7. The fourth-order valence-electron chi connectivity index (χ4n) is 10.4. The van der Waals surface area contributed by atoms with Crippen molar-refractivity contribution >= 4 is 42.7 Å². The lowest BCUT2D eigenvalue weighted by Gasteiger charge is -2.24. The maximum absolute atomic E-state index is 12.7. The molecule has 10 atom stereocenters. The molecule has 6 heterocycles. The van der Waals surface area contributed by atoms with Crippen LogP contribution in [0.4, 0.5) is 59.9 Å². The summed E-state index contributed by atoms with van der Waals surface area (Å²) in [6, 6.07) is 34.1. The number of nitrogens with zero attached hydrogens (tertiary/aromatic N) is 7. The predicted octanol–water partition coefficient (Wildman–Crippen LogP) is 9.80. The molecule has 0 spiro atoms. The zero-order valence-electron chi connectivity index (χ0n) is 59.5. The van der Waals surface area contributed by atoms with E-state index in [0.29, 0.717) is 19.7 Å². The first kappa shape index (κ1) is 84.4. The highest BCUT2D eigenvalue weighted by Crippen LogP contribution is 2.31. The molecule has 0 aliphatic carbocycles. The number of fused-ring (bicyclic) bond motifs is 1. The SMILES string of the molecule is CC(C)(C)OC(=O)NC1CN(C(=O)OCc2ccccc2)CC1O.CC(C)(C)OC(=O)NC1CN(C(=O)OCc2ccccc2)CC1OC(F)(F)F.CC(C)(C)OC(=O)NC1CNCC1OC(F)(F)F.O=C(OCc1ccccc1)N1CC2OC2C1.[N-]=[N+]=NC1CN(C(=O)OCc2ccccc2)CC1O. The fraction of sp³-hybridized carbons (Fsp3) is 0.551. The van der Waals surface area contributed by atoms with Crippen molar-refractivity contribution in [3.63, 3.8) is 0 Å². The summed E-state index contributed by atoms with van der Waals surface area (Å²) < 4.78 is 123. The van der Waals surface area contributed by atoms with Crippen LogP contribution in [0.2, 0.25) is 0 Å². The first-order chi connectivity index (χ1) is 49.3. The third-order valence-electron chi connectivity index (χ3n) is 15.2. The van der Waals surface area contributed by atoms with E-state index in [1.54, 1.807) is 97.5 Å². The van der Waals surface area contributed by atoms with Crippen molar-refractivity contribution in [2.45, 2.75) is 179 Å². The number of aliphatic hydroxyl groups is 2. The Balaban J connectivity index is 0.000000209. The molecular weight excluding hydrogens is 1400 g/mol. The summed E-state index contributed by atoms with van der Waals surface area (Å²) in [6.07, 6.45) is -17.7. The number of nitrogens with one attached hydrogen (secondary N) is 4. The molecule has 6 N–H and O–H groups in total. The number of alkyl carbamates (subject to hydrolysis) is 3. The number of carbonyl (C=O) groups is 7. The molecule has 6 fully saturated rings. The van der Waals surface area contributed by atoms with Crippen molar-refractivity contribution in [2.75, 3.05) is 65.4 Å². The number of epoxide rings is 1. The molecule has 6 saturated heterocycles. The van der Waals surface area contributed by atoms with Gasteiger partial charge in [-0.3, -0.25) is 9.47 Å². The van der Waals surface area contributed by atoms with Gasteiger partial charge in [0.15, 0.2) is 0 Å². The van der Waals surface area contributed by atoms with Gasteiger partial charge in [0.25, 0.3) is 0 Å². The Morgan fingerprint density at radius 3 is 1.15 bits per heavy atom. The lowest BCUT2D eigenvalue weighted by molar-refractivity contribution is -0.342. The number of amides is 7. The Kier molecular flexibility index (Phi) is 31.3. The standard InChI is InChI=1S/C18H23F3N2O5.C17H24N2O5.C12H14N4O3.C12H13NO3.C10H17F3N2O3/c1-17(2,3)28-15(24)22-13-9-23(10-14(13)27-18(19,20)21)16(25)26-11-12-7-5-4-6-8-12;1-17(2,3)24-15(21)18-13-9-19(10-14(13)20)16(22)23-11-12-7-5-4-6-8-12;13-15-14-10-6-16(7-11(10)17)12(18)19-8-9-4-2-1-3-5-9;14-12(13-6-10-11(7-13)16-10)15-8-9-4-2-1-3-5-9;1-9(2,3)18-8(16)15-6-4-14-5-7(6)17-10(11,12)13/h4-8,13-14H,9-11H2,1-3H3,(H,22,24);4-8,13-14,20H,9-11H2,1-3H3,(H,18,21);1-5,10-11,17H,6-8H2;1-5,10-11H,6-8H2;6-7,14H,4-5H2,1-3H3,(H,15,16). The number of ether oxygens (including phenoxy) is 10. The lowest BCUT2D eigenvalue weighted by Crippen LogP contribution is -2.47. The molecule has 578 valence electrons. The molecule has 36 heteroatoms. The minimum absolute atomic E-state index is 0.0227. The number of hydrogen-bond donors (Lipinski definition) is 6. The Bertz CT molecular complexity index is 3460. The summed E-state index contributed by atoms with van der Waals surface area (Å²) >= 11 is 0. The Morgan fingerprint density at radius 1 is 0.457 bits per heavy atom. The fourth-order valence-corrected chi connectivity index (χ4v) is 10.4. The molecule has 6 aliphatic heterocycles. The summed E-state index contributed by atoms with van der Waals surface area (Å²) in [5.41, 5.74) is 9.71. The Labute approximate surface area is 602 Å². The smallest absolute Gasteiger partial charge is 0.445 e. The van der Waals surface area contributed by atoms with Gasteiger partial charge < -0.3 is 89.0 Å². The third kappa shape index (κ3) is 32.1. The average Bonchev–Trinajstić information content (AvgIpc) is 1.63. The van der Waals surface area contributed by atoms with Gasteiger partial charge >= 0.3 is 55.4 Å². The number of likely N-dealkylation sites (tertiary alicyclic amines) is 4. The Morgan fingerprint density at radius 2 is 0.781 bits per heavy atom. The van der Waals surface area contributed by atoms with Gasteiger partial charge in [0, 0.05) is 37.6 Å². The number of halogens is 6. The van der Waals surface area contributed by atoms with Crippen LogP contribution >= 0.6 is 0 Å². The first-order valence-electron chi connectivity index (χ1n) is 33.3. The molecule has 0 saturated carbocycles. The molecule has 10 rings (SSSR count). The summed E-state index contributed by atoms with van der Waals surface area (Å²) in [5, 5.41) is 33.1. The van der Waals surface area contributed by atoms with E-state index < -0.39 is 115 Å². The zero-order valence-corrected chi connectivity index (χ0v) is 59.5. The van der Waals surface area contributed by atoms with E-state index in [4.69, 9.17) is 43.4 Å². The van der Waals surface area contributed by atoms with Gasteiger partial charge in [-0.2, -0.15) is 0 Å². The molecule has 0 aromatic heterocycles. The van der Waals surface area contributed by atoms with Crippen LogP contribution in [0.1, 0.15) is 84.6 Å². The van der Waals surface area contributed by atoms with Crippen molar-refractivity contribution in [1.29, 1.82) is 0 Å². The highest BCUT2D eigenvalue weighted by molar-refractivity contribution is 5.72. The highest BCUT2D eigenvalue weighted by atomic mass is 19.4. The number of aliphatic hydroxyl groups excluding tert-OH is 2. The molecule has 10 unspecified atom stereocenters. The summed E-state index contributed by atoms with van der Waals surface area (Å²) in [7, 11) is 0. The van der Waals surface area contributed by atoms with Crippen LogP contribution < -0.4 is 21.3 Å². The minimum atomic E-state index is -4.91. The molecule has 105 heavy (non-hydrogen) atoms. The van der Waals surface area contributed by atoms with Crippen LogP contribution in [0.3, 0.4) is 0 Å². The maximum Gasteiger partial charge on any atom is 0.522 e. The van der Waals surface area contributed by atoms with E-state index >= 15 is 0 Å². The second kappa shape index (κ2) is 39.0. The largest absolute Gasteiger partial charge is 0.522 e. The summed E-state index contributed by atoms with van der Waals surface area (Å²) in [6.45, 7) is 17.4. The van der Waals surface area contributed by atoms with Gasteiger partial charge in [0.2, 0.25) is 0 Å². The van der Waals surface area contributed by atoms with E-state index in [1.165, 1.54) is 9.80 Å². The van der Waals surface area contributed by atoms with Crippen molar-refractivity contribution in [1.82, 2.24) is 40.9 Å². The summed E-state index contributed by atoms with van der Waals surface area (Å²) in [5.74, 6) is 0. The van der Waals surface area contributed by atoms with Gasteiger partial charge in [-0.05, 0) is 90.1 Å². The molecule has 0 radical (unpaired) electrons. The molecular formula is C69H91F6N11O19. The van der Waals surface area contributed by atoms with Crippen molar-refractivity contribution in [2.24, 2.45) is 5.11 Å². The van der Waals surface area contributed by atoms with E-state index in [1.807, 2.05) is 91.0 Å². The first-order valence-corrected chi connectivity index (χ1v) is 33.3. The normalized spacial score (nSPS) is 22.3. The van der Waals surface area contributed by atoms with Gasteiger partial charge in [-0.15, -0.1) is 26.3 Å². The van der Waals surface area contributed by atoms with E-state index in [0.717, 1.165) is 27.2 Å². The number of benzene rings is 4.